The molecule has 64 valence electrons. The molecule has 0 heterocycles. The van der Waals surface area contributed by atoms with Crippen molar-refractivity contribution < 1.29 is 4.79 Å². The molecule has 11 heavy (non-hydrogen) atoms. The molecule has 0 bridgehead atoms. The summed E-state index contributed by atoms with van der Waals surface area (Å²) in [6.07, 6.45) is 2.16. The van der Waals surface area contributed by atoms with Crippen LogP contribution in [0.15, 0.2) is 0 Å². The zero-order valence-corrected chi connectivity index (χ0v) is 7.60. The Morgan fingerprint density at radius 3 is 2.64 bits per heavy atom. The molecule has 0 unspecified atom stereocenters. The van der Waals surface area contributed by atoms with Crippen molar-refractivity contribution >= 4 is 17.5 Å². The van der Waals surface area contributed by atoms with Gasteiger partial charge in [0.25, 0.3) is 0 Å². The Morgan fingerprint density at radius 1 is 1.64 bits per heavy atom. The predicted molar refractivity (Wildman–Crippen MR) is 45.7 cm³/mol. The van der Waals surface area contributed by atoms with E-state index in [2.05, 4.69) is 0 Å². The number of alkyl halides is 1. The van der Waals surface area contributed by atoms with Crippen molar-refractivity contribution in [1.29, 1.82) is 0 Å². The maximum absolute atomic E-state index is 11.4. The molecule has 0 aromatic carbocycles. The first kappa shape index (κ1) is 8.85. The maximum atomic E-state index is 11.4. The lowest BCUT2D eigenvalue weighted by atomic mass is 10.3. The Kier molecular flexibility index (Phi) is 3.18. The normalized spacial score (nSPS) is 16.5. The fraction of sp³-hybridized carbons (Fsp3) is 0.875. The highest BCUT2D eigenvalue weighted by molar-refractivity contribution is 6.18. The van der Waals surface area contributed by atoms with Crippen LogP contribution in [0, 0.1) is 5.92 Å². The van der Waals surface area contributed by atoms with Crippen LogP contribution < -0.4 is 0 Å². The third kappa shape index (κ3) is 2.37. The molecule has 0 aromatic heterocycles. The van der Waals surface area contributed by atoms with Crippen LogP contribution in [0.25, 0.3) is 0 Å². The van der Waals surface area contributed by atoms with Crippen molar-refractivity contribution in [3.05, 3.63) is 0 Å². The summed E-state index contributed by atoms with van der Waals surface area (Å²) in [5.74, 6) is 1.18. The van der Waals surface area contributed by atoms with Crippen LogP contribution in [0.4, 0.5) is 0 Å². The second kappa shape index (κ2) is 3.96. The van der Waals surface area contributed by atoms with Gasteiger partial charge >= 0.3 is 0 Å². The Labute approximate surface area is 72.5 Å². The number of carbonyl (C=O) groups excluding carboxylic acids is 1. The zero-order chi connectivity index (χ0) is 8.27. The predicted octanol–water partition coefficient (Wildman–Crippen LogP) is 1.48. The van der Waals surface area contributed by atoms with Crippen LogP contribution in [-0.4, -0.2) is 29.8 Å². The average molecular weight is 176 g/mol. The molecule has 0 atom stereocenters. The molecule has 0 aromatic rings. The van der Waals surface area contributed by atoms with Crippen LogP contribution in [0.5, 0.6) is 0 Å². The smallest absolute Gasteiger partial charge is 0.225 e. The number of hydrogen-bond acceptors (Lipinski definition) is 1. The molecule has 1 aliphatic rings. The lowest BCUT2D eigenvalue weighted by molar-refractivity contribution is -0.132. The minimum absolute atomic E-state index is 0.299. The van der Waals surface area contributed by atoms with E-state index in [1.54, 1.807) is 0 Å². The van der Waals surface area contributed by atoms with Crippen LogP contribution in [0.1, 0.15) is 19.8 Å². The Hall–Kier alpha value is -0.240. The standard InChI is InChI=1S/C8H14ClNO/c1-2-10(6-5-9)8(11)7-3-4-7/h7H,2-6H2,1H3. The van der Waals surface area contributed by atoms with Crippen LogP contribution in [0.2, 0.25) is 0 Å². The summed E-state index contributed by atoms with van der Waals surface area (Å²) in [6, 6.07) is 0. The average Bonchev–Trinajstić information content (AvgIpc) is 2.81. The van der Waals surface area contributed by atoms with E-state index in [4.69, 9.17) is 11.6 Å². The molecule has 1 amide bonds. The molecule has 0 spiro atoms. The molecular weight excluding hydrogens is 162 g/mol. The van der Waals surface area contributed by atoms with Gasteiger partial charge in [-0.1, -0.05) is 0 Å². The molecule has 2 nitrogen and oxygen atoms in total. The monoisotopic (exact) mass is 175 g/mol. The van der Waals surface area contributed by atoms with E-state index in [1.165, 1.54) is 0 Å². The van der Waals surface area contributed by atoms with Gasteiger partial charge in [-0.25, -0.2) is 0 Å². The van der Waals surface area contributed by atoms with Gasteiger partial charge in [0.2, 0.25) is 5.91 Å². The van der Waals surface area contributed by atoms with Crippen molar-refractivity contribution in [3.63, 3.8) is 0 Å². The van der Waals surface area contributed by atoms with Gasteiger partial charge in [-0.3, -0.25) is 4.79 Å². The van der Waals surface area contributed by atoms with E-state index in [1.807, 2.05) is 11.8 Å². The lowest BCUT2D eigenvalue weighted by Gasteiger charge is -2.18. The Bertz CT molecular complexity index is 145. The molecule has 3 heteroatoms. The van der Waals surface area contributed by atoms with Crippen molar-refractivity contribution in [2.45, 2.75) is 19.8 Å². The number of amides is 1. The number of carbonyl (C=O) groups is 1. The quantitative estimate of drug-likeness (QED) is 0.593. The second-order valence-electron chi connectivity index (χ2n) is 2.88. The van der Waals surface area contributed by atoms with E-state index in [0.717, 1.165) is 19.4 Å². The highest BCUT2D eigenvalue weighted by Gasteiger charge is 2.32. The van der Waals surface area contributed by atoms with Crippen LogP contribution in [-0.2, 0) is 4.79 Å². The molecule has 0 aliphatic heterocycles. The van der Waals surface area contributed by atoms with Gasteiger partial charge in [-0.15, -0.1) is 11.6 Å². The first-order valence-corrected chi connectivity index (χ1v) is 4.67. The van der Waals surface area contributed by atoms with Crippen LogP contribution >= 0.6 is 11.6 Å². The van der Waals surface area contributed by atoms with Gasteiger partial charge in [0.1, 0.15) is 0 Å². The number of nitrogens with zero attached hydrogens (tertiary/aromatic N) is 1. The summed E-state index contributed by atoms with van der Waals surface area (Å²) in [6.45, 7) is 3.49. The SMILES string of the molecule is CCN(CCCl)C(=O)C1CC1. The number of halogens is 1. The van der Waals surface area contributed by atoms with Gasteiger partial charge in [0.15, 0.2) is 0 Å². The van der Waals surface area contributed by atoms with E-state index in [-0.39, 0.29) is 0 Å². The molecule has 0 N–H and O–H groups in total. The molecule has 0 saturated heterocycles. The summed E-state index contributed by atoms with van der Waals surface area (Å²) in [5.41, 5.74) is 0. The topological polar surface area (TPSA) is 20.3 Å². The third-order valence-electron chi connectivity index (χ3n) is 1.97. The number of hydrogen-bond donors (Lipinski definition) is 0. The minimum atomic E-state index is 0.299. The fourth-order valence-corrected chi connectivity index (χ4v) is 1.32. The van der Waals surface area contributed by atoms with Gasteiger partial charge < -0.3 is 4.90 Å². The van der Waals surface area contributed by atoms with Gasteiger partial charge in [0.05, 0.1) is 0 Å². The van der Waals surface area contributed by atoms with Crippen molar-refractivity contribution in [1.82, 2.24) is 4.90 Å². The van der Waals surface area contributed by atoms with Gasteiger partial charge in [-0.2, -0.15) is 0 Å². The minimum Gasteiger partial charge on any atom is -0.342 e. The molecule has 1 rings (SSSR count). The van der Waals surface area contributed by atoms with Gasteiger partial charge in [0, 0.05) is 24.9 Å². The third-order valence-corrected chi connectivity index (χ3v) is 2.14. The maximum Gasteiger partial charge on any atom is 0.225 e. The molecule has 1 saturated carbocycles. The summed E-state index contributed by atoms with van der Waals surface area (Å²) < 4.78 is 0. The van der Waals surface area contributed by atoms with Crippen molar-refractivity contribution in [2.24, 2.45) is 5.92 Å². The second-order valence-corrected chi connectivity index (χ2v) is 3.26. The molecule has 1 aliphatic carbocycles. The zero-order valence-electron chi connectivity index (χ0n) is 6.85. The Morgan fingerprint density at radius 2 is 2.27 bits per heavy atom. The van der Waals surface area contributed by atoms with Crippen LogP contribution in [0.3, 0.4) is 0 Å². The Balaban J connectivity index is 2.32. The van der Waals surface area contributed by atoms with E-state index in [9.17, 15) is 4.79 Å². The van der Waals surface area contributed by atoms with Gasteiger partial charge in [-0.05, 0) is 19.8 Å². The molecular formula is C8H14ClNO. The summed E-state index contributed by atoms with van der Waals surface area (Å²) in [5, 5.41) is 0. The largest absolute Gasteiger partial charge is 0.342 e. The summed E-state index contributed by atoms with van der Waals surface area (Å²) in [4.78, 5) is 13.2. The summed E-state index contributed by atoms with van der Waals surface area (Å²) in [7, 11) is 0. The van der Waals surface area contributed by atoms with E-state index < -0.39 is 0 Å². The first-order valence-electron chi connectivity index (χ1n) is 4.14. The fourth-order valence-electron chi connectivity index (χ4n) is 1.11. The highest BCUT2D eigenvalue weighted by atomic mass is 35.5. The molecule has 0 radical (unpaired) electrons. The first-order chi connectivity index (χ1) is 5.29. The highest BCUT2D eigenvalue weighted by Crippen LogP contribution is 2.30. The lowest BCUT2D eigenvalue weighted by Crippen LogP contribution is -2.33. The number of rotatable bonds is 4. The summed E-state index contributed by atoms with van der Waals surface area (Å²) >= 11 is 5.55. The van der Waals surface area contributed by atoms with Crippen molar-refractivity contribution in [3.8, 4) is 0 Å². The molecule has 1 fully saturated rings. The van der Waals surface area contributed by atoms with Crippen molar-refractivity contribution in [2.75, 3.05) is 19.0 Å². The van der Waals surface area contributed by atoms with E-state index in [0.29, 0.717) is 24.2 Å². The van der Waals surface area contributed by atoms with E-state index >= 15 is 0 Å².